The number of fused-ring (bicyclic) bond motifs is 1. The molecule has 1 aromatic heterocycles. The second-order valence-corrected chi connectivity index (χ2v) is 7.01. The van der Waals surface area contributed by atoms with Gasteiger partial charge in [-0.05, 0) is 34.9 Å². The molecule has 3 aromatic carbocycles. The molecule has 0 spiro atoms. The average Bonchev–Trinajstić information content (AvgIpc) is 2.73. The monoisotopic (exact) mass is 366 g/mol. The van der Waals surface area contributed by atoms with Crippen molar-refractivity contribution in [3.05, 3.63) is 99.8 Å². The molecule has 0 aliphatic carbocycles. The van der Waals surface area contributed by atoms with Crippen molar-refractivity contribution in [3.63, 3.8) is 0 Å². The van der Waals surface area contributed by atoms with Crippen LogP contribution in [-0.4, -0.2) is 4.98 Å². The van der Waals surface area contributed by atoms with Crippen LogP contribution in [0.25, 0.3) is 32.9 Å². The summed E-state index contributed by atoms with van der Waals surface area (Å²) in [5.41, 5.74) is 3.22. The van der Waals surface area contributed by atoms with Crippen LogP contribution in [-0.2, 0) is 0 Å². The van der Waals surface area contributed by atoms with Crippen molar-refractivity contribution in [2.75, 3.05) is 0 Å². The Morgan fingerprint density at radius 1 is 0.889 bits per heavy atom. The van der Waals surface area contributed by atoms with Crippen molar-refractivity contribution in [2.45, 2.75) is 0 Å². The summed E-state index contributed by atoms with van der Waals surface area (Å²) in [7, 11) is 0. The van der Waals surface area contributed by atoms with Gasteiger partial charge in [-0.15, -0.1) is 11.3 Å². The molecule has 128 valence electrons. The third-order valence-corrected chi connectivity index (χ3v) is 5.29. The molecule has 0 atom stereocenters. The van der Waals surface area contributed by atoms with E-state index >= 15 is 0 Å². The van der Waals surface area contributed by atoms with Gasteiger partial charge in [0, 0.05) is 4.70 Å². The maximum Gasteiger partial charge on any atom is 0.279 e. The largest absolute Gasteiger partial charge is 0.279 e. The van der Waals surface area contributed by atoms with Crippen molar-refractivity contribution < 1.29 is 0 Å². The first-order valence-corrected chi connectivity index (χ1v) is 9.24. The summed E-state index contributed by atoms with van der Waals surface area (Å²) in [4.78, 5) is 16.3. The molecule has 0 saturated heterocycles. The quantitative estimate of drug-likeness (QED) is 0.457. The Labute approximate surface area is 160 Å². The SMILES string of the molecule is N#C/C(=C\c1ccc(-c2ccccc2)cc1)c1nc(=O)c2ccccc2s1. The molecule has 4 heteroatoms. The van der Waals surface area contributed by atoms with Gasteiger partial charge in [0.15, 0.2) is 0 Å². The highest BCUT2D eigenvalue weighted by Crippen LogP contribution is 2.25. The lowest BCUT2D eigenvalue weighted by atomic mass is 10.0. The summed E-state index contributed by atoms with van der Waals surface area (Å²) in [6.45, 7) is 0. The van der Waals surface area contributed by atoms with Gasteiger partial charge < -0.3 is 0 Å². The standard InChI is InChI=1S/C23H14N2OS/c24-15-19(23-25-22(26)20-8-4-5-9-21(20)27-23)14-16-10-12-18(13-11-16)17-6-2-1-3-7-17/h1-14H/b19-14+. The molecule has 4 rings (SSSR count). The molecule has 27 heavy (non-hydrogen) atoms. The first-order chi connectivity index (χ1) is 13.2. The molecule has 0 fully saturated rings. The lowest BCUT2D eigenvalue weighted by Gasteiger charge is -2.03. The molecule has 3 nitrogen and oxygen atoms in total. The van der Waals surface area contributed by atoms with E-state index in [-0.39, 0.29) is 5.56 Å². The predicted octanol–water partition coefficient (Wildman–Crippen LogP) is 5.39. The molecule has 0 bridgehead atoms. The topological polar surface area (TPSA) is 53.8 Å². The van der Waals surface area contributed by atoms with Crippen molar-refractivity contribution in [1.29, 1.82) is 5.26 Å². The van der Waals surface area contributed by atoms with E-state index in [1.807, 2.05) is 60.7 Å². The highest BCUT2D eigenvalue weighted by atomic mass is 32.1. The van der Waals surface area contributed by atoms with E-state index < -0.39 is 0 Å². The van der Waals surface area contributed by atoms with Crippen LogP contribution < -0.4 is 5.56 Å². The van der Waals surface area contributed by atoms with Crippen molar-refractivity contribution in [2.24, 2.45) is 0 Å². The number of hydrogen-bond donors (Lipinski definition) is 0. The average molecular weight is 366 g/mol. The van der Waals surface area contributed by atoms with Crippen LogP contribution in [0.3, 0.4) is 0 Å². The third kappa shape index (κ3) is 3.55. The molecular formula is C23H14N2OS. The number of aromatic nitrogens is 1. The number of nitrogens with zero attached hydrogens (tertiary/aromatic N) is 2. The molecule has 0 aliphatic rings. The molecule has 0 amide bonds. The molecule has 0 N–H and O–H groups in total. The van der Waals surface area contributed by atoms with Crippen LogP contribution >= 0.6 is 11.3 Å². The minimum absolute atomic E-state index is 0.306. The van der Waals surface area contributed by atoms with Crippen molar-refractivity contribution in [1.82, 2.24) is 4.98 Å². The number of rotatable bonds is 3. The Morgan fingerprint density at radius 3 is 2.30 bits per heavy atom. The molecule has 0 radical (unpaired) electrons. The fraction of sp³-hybridized carbons (Fsp3) is 0. The number of allylic oxidation sites excluding steroid dienone is 1. The van der Waals surface area contributed by atoms with E-state index in [0.717, 1.165) is 21.4 Å². The molecule has 0 saturated carbocycles. The lowest BCUT2D eigenvalue weighted by molar-refractivity contribution is 1.28. The summed E-state index contributed by atoms with van der Waals surface area (Å²) in [5.74, 6) is 0. The fourth-order valence-electron chi connectivity index (χ4n) is 2.84. The molecular weight excluding hydrogens is 352 g/mol. The lowest BCUT2D eigenvalue weighted by Crippen LogP contribution is -2.07. The first-order valence-electron chi connectivity index (χ1n) is 8.42. The van der Waals surface area contributed by atoms with Crippen LogP contribution in [0.5, 0.6) is 0 Å². The number of benzene rings is 3. The van der Waals surface area contributed by atoms with Crippen LogP contribution in [0.1, 0.15) is 10.6 Å². The number of nitriles is 1. The normalized spacial score (nSPS) is 11.3. The minimum Gasteiger partial charge on any atom is -0.267 e. The molecule has 1 heterocycles. The van der Waals surface area contributed by atoms with Gasteiger partial charge in [0.25, 0.3) is 5.56 Å². The Hall–Kier alpha value is -3.55. The van der Waals surface area contributed by atoms with Gasteiger partial charge in [-0.25, -0.2) is 0 Å². The van der Waals surface area contributed by atoms with Gasteiger partial charge in [0.2, 0.25) is 0 Å². The molecule has 4 aromatic rings. The maximum absolute atomic E-state index is 12.2. The van der Waals surface area contributed by atoms with Crippen molar-refractivity contribution in [3.8, 4) is 17.2 Å². The summed E-state index contributed by atoms with van der Waals surface area (Å²) in [6.07, 6.45) is 1.77. The van der Waals surface area contributed by atoms with Gasteiger partial charge >= 0.3 is 0 Å². The Morgan fingerprint density at radius 2 is 1.56 bits per heavy atom. The molecule has 0 aliphatic heterocycles. The predicted molar refractivity (Wildman–Crippen MR) is 111 cm³/mol. The van der Waals surface area contributed by atoms with Crippen LogP contribution in [0, 0.1) is 11.3 Å². The minimum atomic E-state index is -0.306. The van der Waals surface area contributed by atoms with Crippen LogP contribution in [0.4, 0.5) is 0 Å². The van der Waals surface area contributed by atoms with E-state index in [2.05, 4.69) is 23.2 Å². The van der Waals surface area contributed by atoms with Gasteiger partial charge in [-0.3, -0.25) is 4.79 Å². The highest BCUT2D eigenvalue weighted by molar-refractivity contribution is 7.19. The van der Waals surface area contributed by atoms with E-state index in [1.54, 1.807) is 12.1 Å². The van der Waals surface area contributed by atoms with Crippen molar-refractivity contribution >= 4 is 33.1 Å². The van der Waals surface area contributed by atoms with Gasteiger partial charge in [0.05, 0.1) is 11.0 Å². The molecule has 0 unspecified atom stereocenters. The second-order valence-electron chi connectivity index (χ2n) is 5.98. The highest BCUT2D eigenvalue weighted by Gasteiger charge is 2.09. The van der Waals surface area contributed by atoms with Gasteiger partial charge in [-0.2, -0.15) is 10.2 Å². The van der Waals surface area contributed by atoms with E-state index in [4.69, 9.17) is 0 Å². The zero-order valence-electron chi connectivity index (χ0n) is 14.3. The third-order valence-electron chi connectivity index (χ3n) is 4.21. The van der Waals surface area contributed by atoms with E-state index in [9.17, 15) is 10.1 Å². The van der Waals surface area contributed by atoms with Gasteiger partial charge in [-0.1, -0.05) is 66.7 Å². The first kappa shape index (κ1) is 16.9. The Kier molecular flexibility index (Phi) is 4.61. The fourth-order valence-corrected chi connectivity index (χ4v) is 3.80. The second kappa shape index (κ2) is 7.36. The van der Waals surface area contributed by atoms with Gasteiger partial charge in [0.1, 0.15) is 11.1 Å². The number of hydrogen-bond acceptors (Lipinski definition) is 4. The van der Waals surface area contributed by atoms with Crippen LogP contribution in [0.2, 0.25) is 0 Å². The summed E-state index contributed by atoms with van der Waals surface area (Å²) in [6, 6.07) is 27.6. The summed E-state index contributed by atoms with van der Waals surface area (Å²) in [5, 5.41) is 10.6. The summed E-state index contributed by atoms with van der Waals surface area (Å²) >= 11 is 1.35. The maximum atomic E-state index is 12.2. The zero-order valence-corrected chi connectivity index (χ0v) is 15.1. The smallest absolute Gasteiger partial charge is 0.267 e. The Bertz CT molecular complexity index is 1230. The van der Waals surface area contributed by atoms with Crippen LogP contribution in [0.15, 0.2) is 83.7 Å². The zero-order chi connectivity index (χ0) is 18.6. The van der Waals surface area contributed by atoms with E-state index in [1.165, 1.54) is 11.3 Å². The Balaban J connectivity index is 1.72. The summed E-state index contributed by atoms with van der Waals surface area (Å²) < 4.78 is 0.827. The van der Waals surface area contributed by atoms with E-state index in [0.29, 0.717) is 16.0 Å².